The number of ether oxygens (including phenoxy) is 1. The van der Waals surface area contributed by atoms with Crippen LogP contribution < -0.4 is 10.1 Å². The molecular weight excluding hydrogens is 451 g/mol. The largest absolute Gasteiger partial charge is 0.494 e. The van der Waals surface area contributed by atoms with Gasteiger partial charge in [-0.25, -0.2) is 0 Å². The van der Waals surface area contributed by atoms with Crippen molar-refractivity contribution in [3.63, 3.8) is 0 Å². The fourth-order valence-corrected chi connectivity index (χ4v) is 3.62. The molecule has 0 unspecified atom stereocenters. The topological polar surface area (TPSA) is 125 Å². The van der Waals surface area contributed by atoms with Gasteiger partial charge in [-0.15, -0.1) is 10.2 Å². The number of anilines is 1. The number of benzene rings is 2. The lowest BCUT2D eigenvalue weighted by Crippen LogP contribution is -2.14. The van der Waals surface area contributed by atoms with Gasteiger partial charge in [0.2, 0.25) is 11.7 Å². The Morgan fingerprint density at radius 3 is 2.70 bits per heavy atom. The molecule has 33 heavy (non-hydrogen) atoms. The first-order valence-electron chi connectivity index (χ1n) is 9.77. The Kier molecular flexibility index (Phi) is 6.45. The second-order valence-corrected chi connectivity index (χ2v) is 7.68. The van der Waals surface area contributed by atoms with E-state index in [0.29, 0.717) is 23.1 Å². The van der Waals surface area contributed by atoms with Crippen molar-refractivity contribution in [2.75, 3.05) is 17.7 Å². The third-order valence-electron chi connectivity index (χ3n) is 4.44. The maximum Gasteiger partial charge on any atom is 0.306 e. The lowest BCUT2D eigenvalue weighted by molar-refractivity contribution is -0.387. The van der Waals surface area contributed by atoms with Crippen LogP contribution in [0.1, 0.15) is 6.92 Å². The quantitative estimate of drug-likeness (QED) is 0.234. The third kappa shape index (κ3) is 5.06. The zero-order valence-corrected chi connectivity index (χ0v) is 18.1. The molecular formula is C21H17FN6O4S. The number of nitro groups is 1. The average Bonchev–Trinajstić information content (AvgIpc) is 3.23. The highest BCUT2D eigenvalue weighted by atomic mass is 32.2. The SMILES string of the molecule is CCOc1ccc(-c2nnc3ccc(SCC(=O)Nc4ccc(F)c([N+](=O)[O-])c4)nn23)cc1. The van der Waals surface area contributed by atoms with Crippen LogP contribution >= 0.6 is 11.8 Å². The molecule has 2 heterocycles. The molecule has 0 bridgehead atoms. The number of carbonyl (C=O) groups excluding carboxylic acids is 1. The molecule has 0 saturated heterocycles. The second-order valence-electron chi connectivity index (χ2n) is 6.68. The summed E-state index contributed by atoms with van der Waals surface area (Å²) >= 11 is 1.17. The minimum absolute atomic E-state index is 0.00973. The monoisotopic (exact) mass is 468 g/mol. The summed E-state index contributed by atoms with van der Waals surface area (Å²) in [6, 6.07) is 14.0. The van der Waals surface area contributed by atoms with Gasteiger partial charge in [-0.3, -0.25) is 14.9 Å². The van der Waals surface area contributed by atoms with E-state index in [9.17, 15) is 19.3 Å². The summed E-state index contributed by atoms with van der Waals surface area (Å²) in [5.74, 6) is -0.111. The Labute approximate surface area is 190 Å². The Morgan fingerprint density at radius 1 is 1.18 bits per heavy atom. The van der Waals surface area contributed by atoms with Gasteiger partial charge in [0, 0.05) is 17.3 Å². The van der Waals surface area contributed by atoms with E-state index in [4.69, 9.17) is 4.74 Å². The van der Waals surface area contributed by atoms with E-state index in [-0.39, 0.29) is 11.4 Å². The highest BCUT2D eigenvalue weighted by molar-refractivity contribution is 7.99. The van der Waals surface area contributed by atoms with E-state index in [1.165, 1.54) is 17.8 Å². The molecule has 10 nitrogen and oxygen atoms in total. The van der Waals surface area contributed by atoms with Gasteiger partial charge in [-0.05, 0) is 55.5 Å². The fourth-order valence-electron chi connectivity index (χ4n) is 2.96. The third-order valence-corrected chi connectivity index (χ3v) is 5.36. The van der Waals surface area contributed by atoms with Gasteiger partial charge in [-0.1, -0.05) is 11.8 Å². The molecule has 0 saturated carbocycles. The van der Waals surface area contributed by atoms with Crippen LogP contribution in [0.2, 0.25) is 0 Å². The smallest absolute Gasteiger partial charge is 0.306 e. The van der Waals surface area contributed by atoms with E-state index in [1.54, 1.807) is 16.6 Å². The van der Waals surface area contributed by atoms with Crippen LogP contribution in [0, 0.1) is 15.9 Å². The normalized spacial score (nSPS) is 10.8. The first-order valence-corrected chi connectivity index (χ1v) is 10.8. The molecule has 4 rings (SSSR count). The summed E-state index contributed by atoms with van der Waals surface area (Å²) in [6.45, 7) is 2.48. The fraction of sp³-hybridized carbons (Fsp3) is 0.143. The van der Waals surface area contributed by atoms with Crippen molar-refractivity contribution in [3.05, 3.63) is 70.5 Å². The molecule has 0 spiro atoms. The average molecular weight is 468 g/mol. The molecule has 12 heteroatoms. The number of rotatable bonds is 8. The maximum absolute atomic E-state index is 13.5. The van der Waals surface area contributed by atoms with E-state index in [0.717, 1.165) is 23.4 Å². The van der Waals surface area contributed by atoms with Crippen molar-refractivity contribution in [1.82, 2.24) is 19.8 Å². The summed E-state index contributed by atoms with van der Waals surface area (Å²) in [6.07, 6.45) is 0. The van der Waals surface area contributed by atoms with Gasteiger partial charge in [0.1, 0.15) is 10.8 Å². The number of nitrogens with one attached hydrogen (secondary N) is 1. The van der Waals surface area contributed by atoms with Crippen LogP contribution in [0.25, 0.3) is 17.0 Å². The van der Waals surface area contributed by atoms with Gasteiger partial charge >= 0.3 is 5.69 Å². The predicted molar refractivity (Wildman–Crippen MR) is 120 cm³/mol. The van der Waals surface area contributed by atoms with Crippen LogP contribution in [0.4, 0.5) is 15.8 Å². The number of hydrogen-bond acceptors (Lipinski definition) is 8. The number of thioether (sulfide) groups is 1. The standard InChI is InChI=1S/C21H17FN6O4S/c1-2-32-15-6-3-13(4-7-15)21-25-24-18-9-10-20(26-27(18)21)33-12-19(29)23-14-5-8-16(22)17(11-14)28(30)31/h3-11H,2,12H2,1H3,(H,23,29). The molecule has 0 radical (unpaired) electrons. The van der Waals surface area contributed by atoms with Crippen LogP contribution in [0.15, 0.2) is 59.6 Å². The number of carbonyl (C=O) groups is 1. The highest BCUT2D eigenvalue weighted by Crippen LogP contribution is 2.24. The number of halogens is 1. The van der Waals surface area contributed by atoms with Crippen LogP contribution in [-0.2, 0) is 4.79 Å². The van der Waals surface area contributed by atoms with E-state index < -0.39 is 22.3 Å². The summed E-state index contributed by atoms with van der Waals surface area (Å²) in [5, 5.41) is 26.7. The van der Waals surface area contributed by atoms with Crippen LogP contribution in [0.3, 0.4) is 0 Å². The molecule has 168 valence electrons. The summed E-state index contributed by atoms with van der Waals surface area (Å²) < 4.78 is 20.5. The number of hydrogen-bond donors (Lipinski definition) is 1. The Bertz CT molecular complexity index is 1330. The van der Waals surface area contributed by atoms with Crippen molar-refractivity contribution in [2.24, 2.45) is 0 Å². The minimum atomic E-state index is -0.970. The van der Waals surface area contributed by atoms with Crippen molar-refractivity contribution in [1.29, 1.82) is 0 Å². The lowest BCUT2D eigenvalue weighted by atomic mass is 10.2. The summed E-state index contributed by atoms with van der Waals surface area (Å²) in [5.41, 5.74) is 0.776. The number of aromatic nitrogens is 4. The number of nitrogens with zero attached hydrogens (tertiary/aromatic N) is 5. The van der Waals surface area contributed by atoms with Gasteiger partial charge in [-0.2, -0.15) is 14.0 Å². The molecule has 0 aliphatic carbocycles. The molecule has 0 fully saturated rings. The molecule has 1 amide bonds. The lowest BCUT2D eigenvalue weighted by Gasteiger charge is -2.06. The maximum atomic E-state index is 13.5. The van der Waals surface area contributed by atoms with Gasteiger partial charge < -0.3 is 10.1 Å². The summed E-state index contributed by atoms with van der Waals surface area (Å²) in [7, 11) is 0. The zero-order valence-electron chi connectivity index (χ0n) is 17.3. The van der Waals surface area contributed by atoms with Crippen molar-refractivity contribution >= 4 is 34.7 Å². The van der Waals surface area contributed by atoms with Crippen LogP contribution in [0.5, 0.6) is 5.75 Å². The van der Waals surface area contributed by atoms with Crippen molar-refractivity contribution in [2.45, 2.75) is 11.9 Å². The Balaban J connectivity index is 1.46. The molecule has 4 aromatic rings. The number of amides is 1. The predicted octanol–water partition coefficient (Wildman–Crippen LogP) is 3.97. The van der Waals surface area contributed by atoms with Crippen molar-refractivity contribution < 1.29 is 18.8 Å². The van der Waals surface area contributed by atoms with E-state index in [1.807, 2.05) is 31.2 Å². The molecule has 2 aromatic carbocycles. The van der Waals surface area contributed by atoms with Crippen LogP contribution in [-0.4, -0.2) is 43.0 Å². The Hall–Kier alpha value is -4.06. The first kappa shape index (κ1) is 22.1. The molecule has 0 atom stereocenters. The second kappa shape index (κ2) is 9.61. The highest BCUT2D eigenvalue weighted by Gasteiger charge is 2.16. The van der Waals surface area contributed by atoms with E-state index >= 15 is 0 Å². The van der Waals surface area contributed by atoms with Crippen molar-refractivity contribution in [3.8, 4) is 17.1 Å². The molecule has 0 aliphatic heterocycles. The number of nitro benzene ring substituents is 1. The Morgan fingerprint density at radius 2 is 1.97 bits per heavy atom. The minimum Gasteiger partial charge on any atom is -0.494 e. The van der Waals surface area contributed by atoms with Gasteiger partial charge in [0.05, 0.1) is 17.3 Å². The zero-order chi connectivity index (χ0) is 23.4. The molecule has 0 aliphatic rings. The first-order chi connectivity index (χ1) is 15.9. The van der Waals surface area contributed by atoms with E-state index in [2.05, 4.69) is 20.6 Å². The van der Waals surface area contributed by atoms with Gasteiger partial charge in [0.25, 0.3) is 0 Å². The summed E-state index contributed by atoms with van der Waals surface area (Å²) in [4.78, 5) is 22.3. The molecule has 2 aromatic heterocycles. The van der Waals surface area contributed by atoms with Gasteiger partial charge in [0.15, 0.2) is 11.5 Å². The molecule has 1 N–H and O–H groups in total. The number of fused-ring (bicyclic) bond motifs is 1.